The molecular formula is C13H15F2N3O3. The standard InChI is InChI=1S/C13H15F2N3O3/c14-13(15)21-11-5-10(12(19)20)18(7-8(11)6-16)9-1-3-17-4-2-9/h5,7,9-10,13,17H,1-4H2,(H,19,20). The number of hydrogen-bond donors (Lipinski definition) is 2. The van der Waals surface area contributed by atoms with Crippen molar-refractivity contribution in [3.05, 3.63) is 23.6 Å². The van der Waals surface area contributed by atoms with Gasteiger partial charge in [0.15, 0.2) is 0 Å². The number of piperidine rings is 1. The Morgan fingerprint density at radius 2 is 2.19 bits per heavy atom. The molecule has 2 N–H and O–H groups in total. The summed E-state index contributed by atoms with van der Waals surface area (Å²) in [7, 11) is 0. The van der Waals surface area contributed by atoms with Crippen LogP contribution in [0.15, 0.2) is 23.6 Å². The average Bonchev–Trinajstić information content (AvgIpc) is 2.47. The summed E-state index contributed by atoms with van der Waals surface area (Å²) in [6, 6.07) is 0.605. The number of ether oxygens (including phenoxy) is 1. The van der Waals surface area contributed by atoms with Crippen molar-refractivity contribution in [1.29, 1.82) is 5.26 Å². The van der Waals surface area contributed by atoms with Gasteiger partial charge in [-0.2, -0.15) is 14.0 Å². The summed E-state index contributed by atoms with van der Waals surface area (Å²) in [6.07, 6.45) is 3.82. The van der Waals surface area contributed by atoms with Crippen molar-refractivity contribution in [3.63, 3.8) is 0 Å². The molecule has 2 aliphatic heterocycles. The predicted molar refractivity (Wildman–Crippen MR) is 68.0 cm³/mol. The van der Waals surface area contributed by atoms with E-state index >= 15 is 0 Å². The van der Waals surface area contributed by atoms with Gasteiger partial charge in [0, 0.05) is 12.2 Å². The molecule has 1 atom stereocenters. The number of halogens is 2. The molecule has 0 saturated carbocycles. The molecule has 114 valence electrons. The fourth-order valence-electron chi connectivity index (χ4n) is 2.53. The molecule has 0 bridgehead atoms. The van der Waals surface area contributed by atoms with Gasteiger partial charge in [0.25, 0.3) is 0 Å². The number of alkyl halides is 2. The summed E-state index contributed by atoms with van der Waals surface area (Å²) < 4.78 is 28.9. The highest BCUT2D eigenvalue weighted by molar-refractivity contribution is 5.77. The number of rotatable bonds is 4. The maximum Gasteiger partial charge on any atom is 0.387 e. The molecule has 0 amide bonds. The van der Waals surface area contributed by atoms with Crippen LogP contribution in [-0.4, -0.2) is 47.8 Å². The zero-order valence-electron chi connectivity index (χ0n) is 11.1. The van der Waals surface area contributed by atoms with Gasteiger partial charge in [0.2, 0.25) is 0 Å². The van der Waals surface area contributed by atoms with Crippen molar-refractivity contribution in [2.24, 2.45) is 0 Å². The minimum Gasteiger partial charge on any atom is -0.479 e. The molecule has 2 heterocycles. The monoisotopic (exact) mass is 299 g/mol. The van der Waals surface area contributed by atoms with Gasteiger partial charge in [-0.1, -0.05) is 0 Å². The number of carboxylic acid groups (broad SMARTS) is 1. The number of nitriles is 1. The molecule has 6 nitrogen and oxygen atoms in total. The second kappa shape index (κ2) is 6.54. The minimum absolute atomic E-state index is 0.0555. The maximum absolute atomic E-state index is 12.3. The highest BCUT2D eigenvalue weighted by atomic mass is 19.3. The van der Waals surface area contributed by atoms with Crippen molar-refractivity contribution >= 4 is 5.97 Å². The van der Waals surface area contributed by atoms with Gasteiger partial charge in [-0.25, -0.2) is 4.79 Å². The fourth-order valence-corrected chi connectivity index (χ4v) is 2.53. The van der Waals surface area contributed by atoms with E-state index in [0.717, 1.165) is 32.0 Å². The lowest BCUT2D eigenvalue weighted by molar-refractivity contribution is -0.142. The van der Waals surface area contributed by atoms with E-state index in [1.807, 2.05) is 0 Å². The molecule has 0 aromatic heterocycles. The third-order valence-electron chi connectivity index (χ3n) is 3.49. The molecule has 0 aromatic carbocycles. The number of aliphatic carboxylic acids is 1. The van der Waals surface area contributed by atoms with Crippen molar-refractivity contribution in [2.75, 3.05) is 13.1 Å². The number of nitrogens with one attached hydrogen (secondary N) is 1. The summed E-state index contributed by atoms with van der Waals surface area (Å²) in [4.78, 5) is 12.9. The van der Waals surface area contributed by atoms with E-state index in [1.54, 1.807) is 11.0 Å². The van der Waals surface area contributed by atoms with E-state index in [-0.39, 0.29) is 17.4 Å². The SMILES string of the molecule is N#CC1=CN(C2CCNCC2)C(C(=O)O)C=C1OC(F)F. The Hall–Kier alpha value is -2.14. The van der Waals surface area contributed by atoms with E-state index in [9.17, 15) is 18.7 Å². The van der Waals surface area contributed by atoms with Crippen LogP contribution in [0.5, 0.6) is 0 Å². The van der Waals surface area contributed by atoms with Gasteiger partial charge in [-0.15, -0.1) is 0 Å². The van der Waals surface area contributed by atoms with E-state index in [0.29, 0.717) is 0 Å². The van der Waals surface area contributed by atoms with Crippen molar-refractivity contribution in [2.45, 2.75) is 31.5 Å². The van der Waals surface area contributed by atoms with E-state index in [1.165, 1.54) is 6.20 Å². The van der Waals surface area contributed by atoms with E-state index in [4.69, 9.17) is 5.26 Å². The maximum atomic E-state index is 12.3. The first-order valence-corrected chi connectivity index (χ1v) is 6.53. The Morgan fingerprint density at radius 3 is 2.71 bits per heavy atom. The Balaban J connectivity index is 2.28. The normalized spacial score (nSPS) is 23.3. The van der Waals surface area contributed by atoms with E-state index < -0.39 is 18.6 Å². The van der Waals surface area contributed by atoms with Crippen LogP contribution in [0.4, 0.5) is 8.78 Å². The first-order valence-electron chi connectivity index (χ1n) is 6.53. The molecule has 8 heteroatoms. The topological polar surface area (TPSA) is 85.6 Å². The first-order chi connectivity index (χ1) is 10.0. The van der Waals surface area contributed by atoms with Crippen molar-refractivity contribution < 1.29 is 23.4 Å². The number of carboxylic acids is 1. The van der Waals surface area contributed by atoms with E-state index in [2.05, 4.69) is 10.1 Å². The van der Waals surface area contributed by atoms with Crippen LogP contribution < -0.4 is 5.32 Å². The summed E-state index contributed by atoms with van der Waals surface area (Å²) in [6.45, 7) is -1.62. The number of nitrogens with zero attached hydrogens (tertiary/aromatic N) is 2. The van der Waals surface area contributed by atoms with Gasteiger partial charge in [0.1, 0.15) is 23.4 Å². The molecule has 2 aliphatic rings. The Kier molecular flexibility index (Phi) is 4.75. The van der Waals surface area contributed by atoms with Crippen LogP contribution >= 0.6 is 0 Å². The summed E-state index contributed by atoms with van der Waals surface area (Å²) in [5, 5.41) is 21.5. The van der Waals surface area contributed by atoms with Crippen molar-refractivity contribution in [3.8, 4) is 6.07 Å². The molecule has 21 heavy (non-hydrogen) atoms. The van der Waals surface area contributed by atoms with Gasteiger partial charge in [-0.3, -0.25) is 0 Å². The predicted octanol–water partition coefficient (Wildman–Crippen LogP) is 1.04. The molecule has 0 spiro atoms. The Bertz CT molecular complexity index is 507. The quantitative estimate of drug-likeness (QED) is 0.806. The fraction of sp³-hybridized carbons (Fsp3) is 0.538. The van der Waals surface area contributed by atoms with Gasteiger partial charge in [-0.05, 0) is 32.0 Å². The molecule has 1 unspecified atom stereocenters. The lowest BCUT2D eigenvalue weighted by atomic mass is 9.99. The second-order valence-corrected chi connectivity index (χ2v) is 4.78. The number of allylic oxidation sites excluding steroid dienone is 1. The van der Waals surface area contributed by atoms with Crippen LogP contribution in [-0.2, 0) is 9.53 Å². The van der Waals surface area contributed by atoms with Crippen LogP contribution in [0.25, 0.3) is 0 Å². The third kappa shape index (κ3) is 3.49. The van der Waals surface area contributed by atoms with Gasteiger partial charge >= 0.3 is 12.6 Å². The number of hydrogen-bond acceptors (Lipinski definition) is 5. The second-order valence-electron chi connectivity index (χ2n) is 4.78. The highest BCUT2D eigenvalue weighted by Crippen LogP contribution is 2.27. The van der Waals surface area contributed by atoms with Crippen molar-refractivity contribution in [1.82, 2.24) is 10.2 Å². The lowest BCUT2D eigenvalue weighted by Gasteiger charge is -2.38. The Morgan fingerprint density at radius 1 is 1.52 bits per heavy atom. The van der Waals surface area contributed by atoms with Gasteiger partial charge in [0.05, 0.1) is 0 Å². The largest absolute Gasteiger partial charge is 0.479 e. The van der Waals surface area contributed by atoms with Crippen LogP contribution in [0.1, 0.15) is 12.8 Å². The Labute approximate surface area is 120 Å². The summed E-state index contributed by atoms with van der Waals surface area (Å²) in [5.74, 6) is -1.55. The lowest BCUT2D eigenvalue weighted by Crippen LogP contribution is -2.49. The minimum atomic E-state index is -3.10. The summed E-state index contributed by atoms with van der Waals surface area (Å²) in [5.41, 5.74) is -0.0914. The van der Waals surface area contributed by atoms with Gasteiger partial charge < -0.3 is 20.1 Å². The summed E-state index contributed by atoms with van der Waals surface area (Å²) >= 11 is 0. The first kappa shape index (κ1) is 15.3. The number of carbonyl (C=O) groups is 1. The molecule has 1 saturated heterocycles. The zero-order valence-corrected chi connectivity index (χ0v) is 11.1. The third-order valence-corrected chi connectivity index (χ3v) is 3.49. The smallest absolute Gasteiger partial charge is 0.387 e. The molecule has 0 radical (unpaired) electrons. The highest BCUT2D eigenvalue weighted by Gasteiger charge is 2.34. The average molecular weight is 299 g/mol. The molecule has 1 fully saturated rings. The van der Waals surface area contributed by atoms with Crippen LogP contribution in [0, 0.1) is 11.3 Å². The van der Waals surface area contributed by atoms with Crippen LogP contribution in [0.2, 0.25) is 0 Å². The zero-order chi connectivity index (χ0) is 15.4. The van der Waals surface area contributed by atoms with Crippen LogP contribution in [0.3, 0.4) is 0 Å². The molecule has 0 aromatic rings. The molecule has 0 aliphatic carbocycles. The molecule has 2 rings (SSSR count). The molecular weight excluding hydrogens is 284 g/mol.